The summed E-state index contributed by atoms with van der Waals surface area (Å²) < 4.78 is 17.3. The molecule has 3 heterocycles. The molecule has 0 radical (unpaired) electrons. The van der Waals surface area contributed by atoms with Gasteiger partial charge in [0.1, 0.15) is 18.8 Å². The molecule has 2 unspecified atom stereocenters. The molecule has 0 aliphatic carbocycles. The zero-order valence-corrected chi connectivity index (χ0v) is 24.0. The molecule has 1 aliphatic rings. The number of rotatable bonds is 9. The van der Waals surface area contributed by atoms with Crippen LogP contribution in [-0.4, -0.2) is 60.9 Å². The van der Waals surface area contributed by atoms with E-state index >= 15 is 0 Å². The topological polar surface area (TPSA) is 173 Å². The van der Waals surface area contributed by atoms with E-state index in [0.29, 0.717) is 28.0 Å². The Balaban J connectivity index is 1.37. The van der Waals surface area contributed by atoms with E-state index in [4.69, 9.17) is 5.73 Å². The number of aromatic nitrogens is 4. The number of primary amides is 1. The summed E-state index contributed by atoms with van der Waals surface area (Å²) in [6.45, 7) is 6.40. The Kier molecular flexibility index (Phi) is 8.33. The van der Waals surface area contributed by atoms with Gasteiger partial charge in [0.15, 0.2) is 5.69 Å². The number of hydrogen-bond donors (Lipinski definition) is 3. The lowest BCUT2D eigenvalue weighted by atomic mass is 10.0. The minimum atomic E-state index is -1.41. The maximum atomic E-state index is 14.6. The third-order valence-corrected chi connectivity index (χ3v) is 7.22. The van der Waals surface area contributed by atoms with Crippen LogP contribution in [0.5, 0.6) is 0 Å². The summed E-state index contributed by atoms with van der Waals surface area (Å²) in [7, 11) is 0. The Labute approximate surface area is 250 Å². The van der Waals surface area contributed by atoms with Gasteiger partial charge in [-0.25, -0.2) is 9.07 Å². The van der Waals surface area contributed by atoms with E-state index < -0.39 is 29.9 Å². The smallest absolute Gasteiger partial charge is 0.271 e. The number of carbonyl (C=O) groups is 3. The molecule has 0 bridgehead atoms. The number of H-pyrrole nitrogens is 1. The largest absolute Gasteiger partial charge is 0.364 e. The normalized spacial score (nSPS) is 17.0. The van der Waals surface area contributed by atoms with Gasteiger partial charge in [-0.05, 0) is 55.3 Å². The average Bonchev–Trinajstić information content (AvgIpc) is 3.67. The third kappa shape index (κ3) is 6.09. The molecule has 14 heteroatoms. The van der Waals surface area contributed by atoms with E-state index in [1.165, 1.54) is 32.7 Å². The van der Waals surface area contributed by atoms with Crippen LogP contribution in [-0.2, 0) is 16.1 Å². The van der Waals surface area contributed by atoms with Crippen LogP contribution in [0.25, 0.3) is 22.2 Å². The summed E-state index contributed by atoms with van der Waals surface area (Å²) in [4.78, 5) is 52.4. The molecular weight excluding hydrogens is 569 g/mol. The first-order chi connectivity index (χ1) is 21.0. The van der Waals surface area contributed by atoms with Gasteiger partial charge in [-0.15, -0.1) is 0 Å². The number of azo groups is 1. The molecule has 1 saturated heterocycles. The van der Waals surface area contributed by atoms with E-state index in [-0.39, 0.29) is 30.8 Å². The number of nitrogens with two attached hydrogens (primary N) is 1. The number of amides is 3. The molecule has 13 nitrogen and oxygen atoms in total. The highest BCUT2D eigenvalue weighted by molar-refractivity contribution is 6.05. The molecule has 0 spiro atoms. The van der Waals surface area contributed by atoms with Crippen molar-refractivity contribution < 1.29 is 18.8 Å². The molecule has 4 N–H and O–H groups in total. The number of nitrogens with zero attached hydrogens (tertiary/aromatic N) is 6. The van der Waals surface area contributed by atoms with Crippen LogP contribution in [0.2, 0.25) is 0 Å². The number of carbonyl (C=O) groups excluding carboxylic acids is 3. The summed E-state index contributed by atoms with van der Waals surface area (Å²) in [5.41, 5.74) is 8.76. The van der Waals surface area contributed by atoms with Crippen molar-refractivity contribution in [2.45, 2.75) is 39.0 Å². The molecule has 2 aromatic heterocycles. The molecular formula is C30H30FN9O4. The number of benzene rings is 2. The van der Waals surface area contributed by atoms with Crippen molar-refractivity contribution in [3.8, 4) is 5.69 Å². The zero-order chi connectivity index (χ0) is 31.5. The lowest BCUT2D eigenvalue weighted by molar-refractivity contribution is -0.137. The van der Waals surface area contributed by atoms with E-state index in [0.717, 1.165) is 11.1 Å². The third-order valence-electron chi connectivity index (χ3n) is 7.22. The minimum Gasteiger partial charge on any atom is -0.364 e. The SMILES string of the molecule is C=C/N=N\C=C(/C)c1ccc2c(c1)c(C(N)=O)nn2CC(=O)N1CC(F)CC1C(=O)Nc1cccc(-n2[nH]c(C)cc2=O)c1. The van der Waals surface area contributed by atoms with Crippen molar-refractivity contribution in [2.75, 3.05) is 11.9 Å². The van der Waals surface area contributed by atoms with Gasteiger partial charge in [-0.3, -0.25) is 29.0 Å². The Hall–Kier alpha value is -5.66. The van der Waals surface area contributed by atoms with E-state index in [1.54, 1.807) is 49.4 Å². The average molecular weight is 600 g/mol. The lowest BCUT2D eigenvalue weighted by Gasteiger charge is -2.24. The van der Waals surface area contributed by atoms with Gasteiger partial charge in [0, 0.05) is 35.5 Å². The number of fused-ring (bicyclic) bond motifs is 1. The van der Waals surface area contributed by atoms with Gasteiger partial charge in [-0.1, -0.05) is 18.7 Å². The predicted octanol–water partition coefficient (Wildman–Crippen LogP) is 3.46. The highest BCUT2D eigenvalue weighted by atomic mass is 19.1. The van der Waals surface area contributed by atoms with E-state index in [2.05, 4.69) is 32.3 Å². The first-order valence-corrected chi connectivity index (χ1v) is 13.7. The molecule has 44 heavy (non-hydrogen) atoms. The predicted molar refractivity (Wildman–Crippen MR) is 162 cm³/mol. The summed E-state index contributed by atoms with van der Waals surface area (Å²) in [5.74, 6) is -1.92. The number of aromatic amines is 1. The number of anilines is 1. The molecule has 4 aromatic rings. The van der Waals surface area contributed by atoms with E-state index in [1.807, 2.05) is 6.92 Å². The number of halogens is 1. The van der Waals surface area contributed by atoms with Crippen LogP contribution in [0.4, 0.5) is 10.1 Å². The Morgan fingerprint density at radius 3 is 2.70 bits per heavy atom. The first kappa shape index (κ1) is 29.8. The lowest BCUT2D eigenvalue weighted by Crippen LogP contribution is -2.44. The Bertz CT molecular complexity index is 1900. The minimum absolute atomic E-state index is 0.0366. The second-order valence-corrected chi connectivity index (χ2v) is 10.4. The fourth-order valence-electron chi connectivity index (χ4n) is 5.15. The van der Waals surface area contributed by atoms with Crippen molar-refractivity contribution in [3.63, 3.8) is 0 Å². The molecule has 1 aliphatic heterocycles. The van der Waals surface area contributed by atoms with Crippen molar-refractivity contribution in [3.05, 3.63) is 94.8 Å². The van der Waals surface area contributed by atoms with Crippen LogP contribution in [0.1, 0.15) is 35.1 Å². The molecule has 3 amide bonds. The van der Waals surface area contributed by atoms with Crippen LogP contribution in [0.3, 0.4) is 0 Å². The highest BCUT2D eigenvalue weighted by Gasteiger charge is 2.40. The fraction of sp³-hybridized carbons (Fsp3) is 0.233. The number of allylic oxidation sites excluding steroid dienone is 1. The fourth-order valence-corrected chi connectivity index (χ4v) is 5.15. The number of alkyl halides is 1. The van der Waals surface area contributed by atoms with Gasteiger partial charge in [0.25, 0.3) is 11.5 Å². The van der Waals surface area contributed by atoms with Gasteiger partial charge < -0.3 is 16.0 Å². The molecule has 2 aromatic carbocycles. The summed E-state index contributed by atoms with van der Waals surface area (Å²) in [6, 6.07) is 12.1. The van der Waals surface area contributed by atoms with Gasteiger partial charge in [0.2, 0.25) is 11.8 Å². The summed E-state index contributed by atoms with van der Waals surface area (Å²) in [6.07, 6.45) is 1.24. The standard InChI is InChI=1S/C30H30FN9O4/c1-4-33-34-14-17(2)19-8-9-24-23(11-19)28(29(32)43)37-39(24)16-27(42)38-15-20(31)12-25(38)30(44)35-21-6-5-7-22(13-21)40-26(41)10-18(3)36-40/h4-11,13-14,20,25,36H,1,12,15-16H2,2-3H3,(H2,32,43)(H,35,44)/b17-14+,34-33-. The summed E-state index contributed by atoms with van der Waals surface area (Å²) in [5, 5.41) is 17.9. The van der Waals surface area contributed by atoms with E-state index in [9.17, 15) is 23.6 Å². The van der Waals surface area contributed by atoms with Crippen molar-refractivity contribution in [1.29, 1.82) is 0 Å². The Morgan fingerprint density at radius 1 is 1.20 bits per heavy atom. The maximum Gasteiger partial charge on any atom is 0.271 e. The van der Waals surface area contributed by atoms with Gasteiger partial charge >= 0.3 is 0 Å². The second kappa shape index (κ2) is 12.3. The number of nitrogens with one attached hydrogen (secondary N) is 2. The second-order valence-electron chi connectivity index (χ2n) is 10.4. The van der Waals surface area contributed by atoms with Crippen LogP contribution < -0.4 is 16.6 Å². The molecule has 5 rings (SSSR count). The van der Waals surface area contributed by atoms with Crippen molar-refractivity contribution in [1.82, 2.24) is 24.5 Å². The quantitative estimate of drug-likeness (QED) is 0.250. The van der Waals surface area contributed by atoms with Crippen molar-refractivity contribution in [2.24, 2.45) is 16.0 Å². The molecule has 2 atom stereocenters. The molecule has 0 saturated carbocycles. The number of likely N-dealkylation sites (tertiary alicyclic amines) is 1. The first-order valence-electron chi connectivity index (χ1n) is 13.7. The van der Waals surface area contributed by atoms with Gasteiger partial charge in [0.05, 0.1) is 23.9 Å². The van der Waals surface area contributed by atoms with Crippen LogP contribution >= 0.6 is 0 Å². The highest BCUT2D eigenvalue weighted by Crippen LogP contribution is 2.27. The Morgan fingerprint density at radius 2 is 2.00 bits per heavy atom. The molecule has 226 valence electrons. The maximum absolute atomic E-state index is 14.6. The number of aryl methyl sites for hydroxylation is 1. The van der Waals surface area contributed by atoms with Crippen LogP contribution in [0, 0.1) is 6.92 Å². The monoisotopic (exact) mass is 599 g/mol. The zero-order valence-electron chi connectivity index (χ0n) is 24.0. The molecule has 1 fully saturated rings. The van der Waals surface area contributed by atoms with Crippen LogP contribution in [0.15, 0.2) is 82.5 Å². The van der Waals surface area contributed by atoms with Crippen molar-refractivity contribution >= 4 is 39.9 Å². The summed E-state index contributed by atoms with van der Waals surface area (Å²) >= 11 is 0. The number of hydrogen-bond acceptors (Lipinski definition) is 7. The van der Waals surface area contributed by atoms with Gasteiger partial charge in [-0.2, -0.15) is 15.3 Å².